The third kappa shape index (κ3) is 3.88. The number of benzene rings is 1. The van der Waals surface area contributed by atoms with Gasteiger partial charge in [-0.3, -0.25) is 0 Å². The van der Waals surface area contributed by atoms with Crippen molar-refractivity contribution in [2.45, 2.75) is 17.9 Å². The molecular weight excluding hydrogens is 313 g/mol. The van der Waals surface area contributed by atoms with Crippen LogP contribution in [-0.4, -0.2) is 22.1 Å². The highest BCUT2D eigenvalue weighted by molar-refractivity contribution is 7.89. The Bertz CT molecular complexity index is 699. The monoisotopic (exact) mass is 329 g/mol. The summed E-state index contributed by atoms with van der Waals surface area (Å²) in [6.07, 6.45) is -0.354. The first-order valence-corrected chi connectivity index (χ1v) is 8.67. The number of aryl methyl sites for hydroxylation is 1. The van der Waals surface area contributed by atoms with Gasteiger partial charge in [0.15, 0.2) is 0 Å². The van der Waals surface area contributed by atoms with Gasteiger partial charge in [-0.25, -0.2) is 17.5 Å². The number of hydrogen-bond donors (Lipinski definition) is 1. The van der Waals surface area contributed by atoms with Crippen LogP contribution in [-0.2, 0) is 14.8 Å². The number of nitrogens with one attached hydrogen (secondary N) is 1. The number of sulfonamides is 1. The summed E-state index contributed by atoms with van der Waals surface area (Å²) in [6.45, 7) is 1.64. The fourth-order valence-electron chi connectivity index (χ4n) is 1.85. The number of rotatable bonds is 6. The maximum atomic E-state index is 13.2. The quantitative estimate of drug-likeness (QED) is 0.886. The Labute approximate surface area is 127 Å². The van der Waals surface area contributed by atoms with Gasteiger partial charge in [0.05, 0.1) is 11.0 Å². The largest absolute Gasteiger partial charge is 0.375 e. The predicted molar refractivity (Wildman–Crippen MR) is 80.4 cm³/mol. The normalized spacial score (nSPS) is 13.3. The molecule has 0 bridgehead atoms. The summed E-state index contributed by atoms with van der Waals surface area (Å²) < 4.78 is 45.4. The predicted octanol–water partition coefficient (Wildman–Crippen LogP) is 2.86. The van der Waals surface area contributed by atoms with E-state index in [1.165, 1.54) is 37.5 Å². The Hall–Kier alpha value is -1.28. The van der Waals surface area contributed by atoms with Gasteiger partial charge < -0.3 is 4.74 Å². The van der Waals surface area contributed by atoms with E-state index in [2.05, 4.69) is 4.72 Å². The molecule has 0 aliphatic carbocycles. The standard InChI is InChI=1S/C14H16FNO3S2/c1-10-7-12(3-4-13(10)15)21(17,18)16-8-14(19-2)11-5-6-20-9-11/h3-7,9,14,16H,8H2,1-2H3/t14-/m1/s1. The third-order valence-electron chi connectivity index (χ3n) is 3.10. The van der Waals surface area contributed by atoms with E-state index >= 15 is 0 Å². The van der Waals surface area contributed by atoms with E-state index in [9.17, 15) is 12.8 Å². The van der Waals surface area contributed by atoms with Crippen LogP contribution in [0.5, 0.6) is 0 Å². The van der Waals surface area contributed by atoms with E-state index in [1.807, 2.05) is 16.8 Å². The molecule has 0 saturated carbocycles. The third-order valence-corrected chi connectivity index (χ3v) is 5.22. The van der Waals surface area contributed by atoms with E-state index in [0.717, 1.165) is 11.6 Å². The Morgan fingerprint density at radius 3 is 2.71 bits per heavy atom. The first-order valence-electron chi connectivity index (χ1n) is 6.25. The molecule has 0 radical (unpaired) electrons. The minimum atomic E-state index is -3.69. The van der Waals surface area contributed by atoms with Gasteiger partial charge in [0, 0.05) is 13.7 Å². The van der Waals surface area contributed by atoms with Gasteiger partial charge in [-0.2, -0.15) is 11.3 Å². The zero-order valence-electron chi connectivity index (χ0n) is 11.7. The fourth-order valence-corrected chi connectivity index (χ4v) is 3.67. The summed E-state index contributed by atoms with van der Waals surface area (Å²) in [5.41, 5.74) is 1.21. The molecule has 0 fully saturated rings. The summed E-state index contributed by atoms with van der Waals surface area (Å²) in [4.78, 5) is 0.0431. The van der Waals surface area contributed by atoms with Gasteiger partial charge in [-0.15, -0.1) is 0 Å². The minimum absolute atomic E-state index is 0.0431. The van der Waals surface area contributed by atoms with Crippen LogP contribution in [0.2, 0.25) is 0 Å². The number of halogens is 1. The molecule has 0 amide bonds. The molecule has 0 aliphatic heterocycles. The topological polar surface area (TPSA) is 55.4 Å². The molecule has 1 aromatic heterocycles. The Kier molecular flexibility index (Phi) is 5.10. The Balaban J connectivity index is 2.12. The fraction of sp³-hybridized carbons (Fsp3) is 0.286. The maximum absolute atomic E-state index is 13.2. The first-order chi connectivity index (χ1) is 9.94. The average Bonchev–Trinajstić information content (AvgIpc) is 2.96. The van der Waals surface area contributed by atoms with Crippen LogP contribution in [0.1, 0.15) is 17.2 Å². The highest BCUT2D eigenvalue weighted by Gasteiger charge is 2.19. The molecule has 7 heteroatoms. The molecule has 0 saturated heterocycles. The number of hydrogen-bond acceptors (Lipinski definition) is 4. The van der Waals surface area contributed by atoms with Crippen molar-refractivity contribution < 1.29 is 17.5 Å². The van der Waals surface area contributed by atoms with Crippen LogP contribution in [0.4, 0.5) is 4.39 Å². The van der Waals surface area contributed by atoms with Gasteiger partial charge in [0.25, 0.3) is 0 Å². The molecule has 2 aromatic rings. The molecule has 0 spiro atoms. The summed E-state index contributed by atoms with van der Waals surface area (Å²) in [5.74, 6) is -0.429. The zero-order chi connectivity index (χ0) is 15.5. The number of ether oxygens (including phenoxy) is 1. The van der Waals surface area contributed by atoms with Crippen LogP contribution in [0.25, 0.3) is 0 Å². The van der Waals surface area contributed by atoms with Gasteiger partial charge in [-0.05, 0) is 53.1 Å². The van der Waals surface area contributed by atoms with Crippen molar-refractivity contribution in [3.8, 4) is 0 Å². The molecule has 1 aromatic carbocycles. The lowest BCUT2D eigenvalue weighted by Crippen LogP contribution is -2.29. The van der Waals surface area contributed by atoms with Crippen LogP contribution in [0, 0.1) is 12.7 Å². The number of thiophene rings is 1. The summed E-state index contributed by atoms with van der Waals surface area (Å²) in [7, 11) is -2.16. The lowest BCUT2D eigenvalue weighted by molar-refractivity contribution is 0.107. The maximum Gasteiger partial charge on any atom is 0.240 e. The summed E-state index contributed by atoms with van der Waals surface area (Å²) >= 11 is 1.52. The SMILES string of the molecule is CO[C@H](CNS(=O)(=O)c1ccc(F)c(C)c1)c1ccsc1. The van der Waals surface area contributed by atoms with Crippen molar-refractivity contribution in [2.75, 3.05) is 13.7 Å². The second-order valence-corrected chi connectivity index (χ2v) is 7.09. The smallest absolute Gasteiger partial charge is 0.240 e. The van der Waals surface area contributed by atoms with Crippen LogP contribution in [0.15, 0.2) is 39.9 Å². The lowest BCUT2D eigenvalue weighted by atomic mass is 10.2. The molecule has 114 valence electrons. The van der Waals surface area contributed by atoms with Crippen molar-refractivity contribution in [3.63, 3.8) is 0 Å². The highest BCUT2D eigenvalue weighted by atomic mass is 32.2. The Morgan fingerprint density at radius 2 is 2.14 bits per heavy atom. The van der Waals surface area contributed by atoms with Crippen LogP contribution < -0.4 is 4.72 Å². The zero-order valence-corrected chi connectivity index (χ0v) is 13.3. The van der Waals surface area contributed by atoms with Gasteiger partial charge >= 0.3 is 0 Å². The van der Waals surface area contributed by atoms with E-state index in [-0.39, 0.29) is 17.5 Å². The molecule has 1 heterocycles. The number of methoxy groups -OCH3 is 1. The van der Waals surface area contributed by atoms with Crippen LogP contribution in [0.3, 0.4) is 0 Å². The van der Waals surface area contributed by atoms with Crippen molar-refractivity contribution in [1.29, 1.82) is 0 Å². The van der Waals surface area contributed by atoms with E-state index in [0.29, 0.717) is 5.56 Å². The van der Waals surface area contributed by atoms with Gasteiger partial charge in [0.2, 0.25) is 10.0 Å². The molecular formula is C14H16FNO3S2. The summed E-state index contributed by atoms with van der Waals surface area (Å²) in [5, 5.41) is 3.81. The minimum Gasteiger partial charge on any atom is -0.375 e. The van der Waals surface area contributed by atoms with E-state index in [1.54, 1.807) is 0 Å². The molecule has 21 heavy (non-hydrogen) atoms. The Morgan fingerprint density at radius 1 is 1.38 bits per heavy atom. The van der Waals surface area contributed by atoms with Crippen molar-refractivity contribution >= 4 is 21.4 Å². The van der Waals surface area contributed by atoms with Crippen molar-refractivity contribution in [3.05, 3.63) is 52.0 Å². The van der Waals surface area contributed by atoms with Gasteiger partial charge in [-0.1, -0.05) is 0 Å². The van der Waals surface area contributed by atoms with Crippen molar-refractivity contribution in [2.24, 2.45) is 0 Å². The van der Waals surface area contributed by atoms with Crippen LogP contribution >= 0.6 is 11.3 Å². The molecule has 2 rings (SSSR count). The molecule has 4 nitrogen and oxygen atoms in total. The highest BCUT2D eigenvalue weighted by Crippen LogP contribution is 2.20. The van der Waals surface area contributed by atoms with E-state index in [4.69, 9.17) is 4.74 Å². The van der Waals surface area contributed by atoms with E-state index < -0.39 is 15.8 Å². The second kappa shape index (κ2) is 6.65. The first kappa shape index (κ1) is 16.1. The average molecular weight is 329 g/mol. The molecule has 0 unspecified atom stereocenters. The second-order valence-electron chi connectivity index (χ2n) is 4.54. The lowest BCUT2D eigenvalue weighted by Gasteiger charge is -2.15. The molecule has 0 aliphatic rings. The van der Waals surface area contributed by atoms with Crippen molar-refractivity contribution in [1.82, 2.24) is 4.72 Å². The van der Waals surface area contributed by atoms with Gasteiger partial charge in [0.1, 0.15) is 5.82 Å². The molecule has 1 N–H and O–H groups in total. The molecule has 1 atom stereocenters. The summed E-state index contributed by atoms with van der Waals surface area (Å²) in [6, 6.07) is 5.59.